The van der Waals surface area contributed by atoms with Crippen LogP contribution in [0.2, 0.25) is 0 Å². The van der Waals surface area contributed by atoms with E-state index in [2.05, 4.69) is 86.6 Å². The molecule has 0 spiro atoms. The van der Waals surface area contributed by atoms with E-state index >= 15 is 0 Å². The van der Waals surface area contributed by atoms with E-state index < -0.39 is 0 Å². The second kappa shape index (κ2) is 10.6. The highest BCUT2D eigenvalue weighted by Crippen LogP contribution is 2.22. The van der Waals surface area contributed by atoms with Crippen molar-refractivity contribution in [2.24, 2.45) is 0 Å². The summed E-state index contributed by atoms with van der Waals surface area (Å²) in [6, 6.07) is 20.4. The fourth-order valence-electron chi connectivity index (χ4n) is 5.21. The molecular formula is C29H32BrFN4. The molecule has 0 aliphatic carbocycles. The molecule has 1 aliphatic heterocycles. The summed E-state index contributed by atoms with van der Waals surface area (Å²) in [7, 11) is 0. The van der Waals surface area contributed by atoms with Gasteiger partial charge in [0.15, 0.2) is 0 Å². The molecule has 1 aliphatic rings. The Morgan fingerprint density at radius 3 is 2.31 bits per heavy atom. The molecule has 2 heterocycles. The number of para-hydroxylation sites is 2. The lowest BCUT2D eigenvalue weighted by atomic mass is 10.1. The average molecular weight is 536 g/mol. The van der Waals surface area contributed by atoms with Gasteiger partial charge in [-0.1, -0.05) is 57.4 Å². The van der Waals surface area contributed by atoms with Gasteiger partial charge in [0.1, 0.15) is 11.6 Å². The Morgan fingerprint density at radius 2 is 1.54 bits per heavy atom. The molecule has 1 fully saturated rings. The lowest BCUT2D eigenvalue weighted by Gasteiger charge is -2.22. The van der Waals surface area contributed by atoms with Gasteiger partial charge in [-0.05, 0) is 69.3 Å². The zero-order valence-electron chi connectivity index (χ0n) is 20.5. The normalized spacial score (nSPS) is 15.5. The quantitative estimate of drug-likeness (QED) is 0.289. The molecule has 0 unspecified atom stereocenters. The van der Waals surface area contributed by atoms with Crippen molar-refractivity contribution in [3.05, 3.63) is 99.0 Å². The monoisotopic (exact) mass is 534 g/mol. The van der Waals surface area contributed by atoms with Crippen molar-refractivity contribution in [3.8, 4) is 0 Å². The summed E-state index contributed by atoms with van der Waals surface area (Å²) in [4.78, 5) is 9.90. The van der Waals surface area contributed by atoms with Crippen molar-refractivity contribution in [2.75, 3.05) is 26.2 Å². The van der Waals surface area contributed by atoms with Gasteiger partial charge in [0, 0.05) is 36.2 Å². The first-order chi connectivity index (χ1) is 16.9. The molecule has 0 radical (unpaired) electrons. The summed E-state index contributed by atoms with van der Waals surface area (Å²) in [5.74, 6) is 0.978. The number of hydrogen-bond donors (Lipinski definition) is 0. The highest BCUT2D eigenvalue weighted by molar-refractivity contribution is 9.10. The molecule has 4 aromatic rings. The van der Waals surface area contributed by atoms with Crippen LogP contribution in [-0.4, -0.2) is 45.5 Å². The first-order valence-corrected chi connectivity index (χ1v) is 13.1. The highest BCUT2D eigenvalue weighted by atomic mass is 79.9. The maximum atomic E-state index is 14.3. The van der Waals surface area contributed by atoms with Crippen molar-refractivity contribution in [1.29, 1.82) is 0 Å². The van der Waals surface area contributed by atoms with Crippen LogP contribution in [0.25, 0.3) is 11.0 Å². The molecular weight excluding hydrogens is 503 g/mol. The summed E-state index contributed by atoms with van der Waals surface area (Å²) in [5.41, 5.74) is 6.88. The SMILES string of the molecule is Cc1cc(C)cc(Cn2c(CN3CCCN(Cc4cc(Br)ccc4F)CC3)nc3ccccc32)c1. The van der Waals surface area contributed by atoms with Gasteiger partial charge >= 0.3 is 0 Å². The Labute approximate surface area is 215 Å². The van der Waals surface area contributed by atoms with Gasteiger partial charge in [0.05, 0.1) is 17.6 Å². The minimum absolute atomic E-state index is 0.130. The summed E-state index contributed by atoms with van der Waals surface area (Å²) in [5, 5.41) is 0. The van der Waals surface area contributed by atoms with Crippen LogP contribution in [0.1, 0.15) is 34.5 Å². The van der Waals surface area contributed by atoms with Crippen LogP contribution >= 0.6 is 15.9 Å². The third-order valence-corrected chi connectivity index (χ3v) is 7.30. The van der Waals surface area contributed by atoms with E-state index in [-0.39, 0.29) is 5.82 Å². The Morgan fingerprint density at radius 1 is 0.829 bits per heavy atom. The van der Waals surface area contributed by atoms with E-state index in [1.807, 2.05) is 6.07 Å². The number of rotatable bonds is 6. The van der Waals surface area contributed by atoms with Crippen LogP contribution in [0.5, 0.6) is 0 Å². The van der Waals surface area contributed by atoms with Crippen molar-refractivity contribution in [3.63, 3.8) is 0 Å². The second-order valence-corrected chi connectivity index (χ2v) is 10.7. The standard InChI is InChI=1S/C29H32BrFN4/c1-21-14-22(2)16-23(15-21)18-35-28-7-4-3-6-27(28)32-29(35)20-34-11-5-10-33(12-13-34)19-24-17-25(30)8-9-26(24)31/h3-4,6-9,14-17H,5,10-13,18-20H2,1-2H3. The molecule has 1 aromatic heterocycles. The van der Waals surface area contributed by atoms with Gasteiger partial charge < -0.3 is 4.57 Å². The van der Waals surface area contributed by atoms with Crippen LogP contribution in [0.15, 0.2) is 65.1 Å². The summed E-state index contributed by atoms with van der Waals surface area (Å²) in [6.45, 7) is 10.5. The van der Waals surface area contributed by atoms with Crippen LogP contribution in [0.4, 0.5) is 4.39 Å². The van der Waals surface area contributed by atoms with Gasteiger partial charge in [0.25, 0.3) is 0 Å². The molecule has 0 saturated carbocycles. The van der Waals surface area contributed by atoms with Crippen molar-refractivity contribution in [1.82, 2.24) is 19.4 Å². The van der Waals surface area contributed by atoms with Gasteiger partial charge in [0.2, 0.25) is 0 Å². The van der Waals surface area contributed by atoms with Gasteiger partial charge in [-0.2, -0.15) is 0 Å². The fourth-order valence-corrected chi connectivity index (χ4v) is 5.62. The third-order valence-electron chi connectivity index (χ3n) is 6.80. The smallest absolute Gasteiger partial charge is 0.127 e. The minimum atomic E-state index is -0.130. The number of fused-ring (bicyclic) bond motifs is 1. The lowest BCUT2D eigenvalue weighted by Crippen LogP contribution is -2.31. The predicted octanol–water partition coefficient (Wildman–Crippen LogP) is 6.31. The molecule has 35 heavy (non-hydrogen) atoms. The van der Waals surface area contributed by atoms with Gasteiger partial charge in [-0.25, -0.2) is 9.37 Å². The summed E-state index contributed by atoms with van der Waals surface area (Å²) >= 11 is 3.47. The zero-order valence-corrected chi connectivity index (χ0v) is 22.1. The van der Waals surface area contributed by atoms with Crippen molar-refractivity contribution < 1.29 is 4.39 Å². The van der Waals surface area contributed by atoms with E-state index in [0.717, 1.165) is 67.1 Å². The molecule has 0 bridgehead atoms. The Kier molecular flexibility index (Phi) is 7.32. The second-order valence-electron chi connectivity index (χ2n) is 9.74. The first-order valence-electron chi connectivity index (χ1n) is 12.3. The van der Waals surface area contributed by atoms with Crippen LogP contribution < -0.4 is 0 Å². The summed E-state index contributed by atoms with van der Waals surface area (Å²) in [6.07, 6.45) is 1.06. The Hall–Kier alpha value is -2.54. The number of aryl methyl sites for hydroxylation is 2. The van der Waals surface area contributed by atoms with E-state index in [4.69, 9.17) is 4.98 Å². The molecule has 3 aromatic carbocycles. The minimum Gasteiger partial charge on any atom is -0.322 e. The molecule has 0 amide bonds. The lowest BCUT2D eigenvalue weighted by molar-refractivity contribution is 0.240. The summed E-state index contributed by atoms with van der Waals surface area (Å²) < 4.78 is 17.6. The molecule has 1 saturated heterocycles. The number of imidazole rings is 1. The molecule has 5 rings (SSSR count). The zero-order chi connectivity index (χ0) is 24.4. The number of benzene rings is 3. The number of hydrogen-bond acceptors (Lipinski definition) is 3. The maximum absolute atomic E-state index is 14.3. The Balaban J connectivity index is 1.33. The molecule has 182 valence electrons. The van der Waals surface area contributed by atoms with E-state index in [9.17, 15) is 4.39 Å². The van der Waals surface area contributed by atoms with Crippen LogP contribution in [0.3, 0.4) is 0 Å². The van der Waals surface area contributed by atoms with Crippen molar-refractivity contribution in [2.45, 2.75) is 39.9 Å². The largest absolute Gasteiger partial charge is 0.322 e. The van der Waals surface area contributed by atoms with Crippen LogP contribution in [0, 0.1) is 19.7 Å². The van der Waals surface area contributed by atoms with Crippen LogP contribution in [-0.2, 0) is 19.6 Å². The third kappa shape index (κ3) is 5.83. The number of nitrogens with zero attached hydrogens (tertiary/aromatic N) is 4. The molecule has 0 N–H and O–H groups in total. The Bertz CT molecular complexity index is 1310. The molecule has 4 nitrogen and oxygen atoms in total. The van der Waals surface area contributed by atoms with E-state index in [1.54, 1.807) is 12.1 Å². The number of halogens is 2. The van der Waals surface area contributed by atoms with E-state index in [1.165, 1.54) is 22.2 Å². The van der Waals surface area contributed by atoms with E-state index in [0.29, 0.717) is 6.54 Å². The highest BCUT2D eigenvalue weighted by Gasteiger charge is 2.19. The predicted molar refractivity (Wildman–Crippen MR) is 144 cm³/mol. The number of aromatic nitrogens is 2. The topological polar surface area (TPSA) is 24.3 Å². The molecule has 0 atom stereocenters. The molecule has 6 heteroatoms. The van der Waals surface area contributed by atoms with Gasteiger partial charge in [-0.3, -0.25) is 9.80 Å². The van der Waals surface area contributed by atoms with Gasteiger partial charge in [-0.15, -0.1) is 0 Å². The average Bonchev–Trinajstić information content (AvgIpc) is 2.99. The maximum Gasteiger partial charge on any atom is 0.127 e. The van der Waals surface area contributed by atoms with Crippen molar-refractivity contribution >= 4 is 27.0 Å². The fraction of sp³-hybridized carbons (Fsp3) is 0.345. The first kappa shape index (κ1) is 24.2.